The zero-order valence-electron chi connectivity index (χ0n) is 8.17. The number of hydrogen-bond donors (Lipinski definition) is 0. The molecule has 0 heterocycles. The number of methoxy groups -OCH3 is 1. The van der Waals surface area contributed by atoms with Gasteiger partial charge < -0.3 is 4.74 Å². The summed E-state index contributed by atoms with van der Waals surface area (Å²) in [6, 6.07) is 4.35. The lowest BCUT2D eigenvalue weighted by Crippen LogP contribution is -1.96. The number of hydrogen-bond acceptors (Lipinski definition) is 2. The first kappa shape index (κ1) is 11.7. The Hall–Kier alpha value is -1.35. The fourth-order valence-corrected chi connectivity index (χ4v) is 1.18. The smallest absolute Gasteiger partial charge is 0.309 e. The maximum Gasteiger partial charge on any atom is 0.309 e. The molecule has 2 nitrogen and oxygen atoms in total. The van der Waals surface area contributed by atoms with Crippen LogP contribution < -0.4 is 0 Å². The van der Waals surface area contributed by atoms with Crippen LogP contribution in [0.2, 0.25) is 5.02 Å². The third kappa shape index (κ3) is 3.72. The molecule has 0 saturated carbocycles. The summed E-state index contributed by atoms with van der Waals surface area (Å²) >= 11 is 5.58. The molecule has 0 aliphatic rings. The average Bonchev–Trinajstić information content (AvgIpc) is 2.23. The Balaban J connectivity index is 2.65. The molecular weight excluding hydrogens is 219 g/mol. The minimum absolute atomic E-state index is 0.0650. The molecule has 0 aliphatic carbocycles. The van der Waals surface area contributed by atoms with Crippen LogP contribution in [0.15, 0.2) is 24.3 Å². The highest BCUT2D eigenvalue weighted by Gasteiger charge is 1.98. The molecule has 80 valence electrons. The van der Waals surface area contributed by atoms with E-state index < -0.39 is 5.82 Å². The summed E-state index contributed by atoms with van der Waals surface area (Å²) < 4.78 is 17.2. The molecule has 0 spiro atoms. The summed E-state index contributed by atoms with van der Waals surface area (Å²) in [4.78, 5) is 10.8. The van der Waals surface area contributed by atoms with E-state index >= 15 is 0 Å². The third-order valence-corrected chi connectivity index (χ3v) is 2.06. The zero-order valence-corrected chi connectivity index (χ0v) is 8.92. The van der Waals surface area contributed by atoms with Crippen molar-refractivity contribution in [2.75, 3.05) is 7.11 Å². The van der Waals surface area contributed by atoms with Gasteiger partial charge in [0.25, 0.3) is 0 Å². The quantitative estimate of drug-likeness (QED) is 0.744. The van der Waals surface area contributed by atoms with Crippen LogP contribution in [-0.4, -0.2) is 13.1 Å². The number of carbonyl (C=O) groups excluding carboxylic acids is 1. The van der Waals surface area contributed by atoms with Gasteiger partial charge in [-0.25, -0.2) is 4.39 Å². The van der Waals surface area contributed by atoms with Crippen LogP contribution in [0.5, 0.6) is 0 Å². The predicted molar refractivity (Wildman–Crippen MR) is 57.1 cm³/mol. The topological polar surface area (TPSA) is 26.3 Å². The Kier molecular flexibility index (Phi) is 4.31. The normalized spacial score (nSPS) is 10.6. The number of halogens is 2. The predicted octanol–water partition coefficient (Wildman–Crippen LogP) is 3.06. The fraction of sp³-hybridized carbons (Fsp3) is 0.182. The Morgan fingerprint density at radius 2 is 2.33 bits per heavy atom. The first-order valence-electron chi connectivity index (χ1n) is 4.32. The number of rotatable bonds is 3. The lowest BCUT2D eigenvalue weighted by molar-refractivity contribution is -0.139. The molecule has 0 fully saturated rings. The first-order chi connectivity index (χ1) is 7.13. The van der Waals surface area contributed by atoms with Gasteiger partial charge in [-0.1, -0.05) is 29.8 Å². The van der Waals surface area contributed by atoms with E-state index in [1.54, 1.807) is 18.2 Å². The van der Waals surface area contributed by atoms with Gasteiger partial charge in [-0.3, -0.25) is 4.79 Å². The van der Waals surface area contributed by atoms with Gasteiger partial charge in [0.2, 0.25) is 0 Å². The van der Waals surface area contributed by atoms with Gasteiger partial charge in [-0.05, 0) is 17.7 Å². The summed E-state index contributed by atoms with van der Waals surface area (Å²) in [5, 5.41) is 0.0650. The van der Waals surface area contributed by atoms with Gasteiger partial charge >= 0.3 is 5.97 Å². The second kappa shape index (κ2) is 5.51. The van der Waals surface area contributed by atoms with E-state index in [0.717, 1.165) is 5.56 Å². The van der Waals surface area contributed by atoms with Crippen molar-refractivity contribution in [1.29, 1.82) is 0 Å². The Bertz CT molecular complexity index is 388. The van der Waals surface area contributed by atoms with Crippen LogP contribution in [0.3, 0.4) is 0 Å². The lowest BCUT2D eigenvalue weighted by atomic mass is 10.2. The largest absolute Gasteiger partial charge is 0.469 e. The highest BCUT2D eigenvalue weighted by Crippen LogP contribution is 2.16. The third-order valence-electron chi connectivity index (χ3n) is 1.77. The van der Waals surface area contributed by atoms with Gasteiger partial charge in [-0.15, -0.1) is 0 Å². The van der Waals surface area contributed by atoms with E-state index in [1.807, 2.05) is 0 Å². The first-order valence-corrected chi connectivity index (χ1v) is 4.69. The second-order valence-electron chi connectivity index (χ2n) is 2.86. The Morgan fingerprint density at radius 3 is 2.93 bits per heavy atom. The monoisotopic (exact) mass is 228 g/mol. The van der Waals surface area contributed by atoms with E-state index in [4.69, 9.17) is 11.6 Å². The van der Waals surface area contributed by atoms with Gasteiger partial charge in [0, 0.05) is 0 Å². The SMILES string of the molecule is COC(=O)CC=Cc1ccc(F)c(Cl)c1. The molecule has 15 heavy (non-hydrogen) atoms. The molecule has 0 atom stereocenters. The molecule has 0 saturated heterocycles. The minimum Gasteiger partial charge on any atom is -0.469 e. The van der Waals surface area contributed by atoms with Crippen molar-refractivity contribution in [3.05, 3.63) is 40.7 Å². The highest BCUT2D eigenvalue weighted by molar-refractivity contribution is 6.30. The fourth-order valence-electron chi connectivity index (χ4n) is 0.991. The van der Waals surface area contributed by atoms with Crippen LogP contribution in [0, 0.1) is 5.82 Å². The maximum absolute atomic E-state index is 12.8. The molecule has 4 heteroatoms. The average molecular weight is 229 g/mol. The van der Waals surface area contributed by atoms with Crippen molar-refractivity contribution in [3.8, 4) is 0 Å². The van der Waals surface area contributed by atoms with Crippen LogP contribution in [0.1, 0.15) is 12.0 Å². The molecule has 0 N–H and O–H groups in total. The summed E-state index contributed by atoms with van der Waals surface area (Å²) in [5.41, 5.74) is 0.741. The van der Waals surface area contributed by atoms with Crippen LogP contribution in [0.4, 0.5) is 4.39 Å². The van der Waals surface area contributed by atoms with Gasteiger partial charge in [0.15, 0.2) is 0 Å². The number of esters is 1. The van der Waals surface area contributed by atoms with Crippen molar-refractivity contribution < 1.29 is 13.9 Å². The molecule has 1 aromatic rings. The van der Waals surface area contributed by atoms with Crippen molar-refractivity contribution in [2.24, 2.45) is 0 Å². The molecule has 0 amide bonds. The van der Waals surface area contributed by atoms with E-state index in [0.29, 0.717) is 0 Å². The van der Waals surface area contributed by atoms with Gasteiger partial charge in [0.1, 0.15) is 5.82 Å². The Labute approximate surface area is 92.3 Å². The number of benzene rings is 1. The lowest BCUT2D eigenvalue weighted by Gasteiger charge is -1.96. The van der Waals surface area contributed by atoms with Gasteiger partial charge in [-0.2, -0.15) is 0 Å². The standard InChI is InChI=1S/C11H10ClFO2/c1-15-11(14)4-2-3-8-5-6-10(13)9(12)7-8/h2-3,5-7H,4H2,1H3. The summed E-state index contributed by atoms with van der Waals surface area (Å²) in [6.07, 6.45) is 3.50. The summed E-state index contributed by atoms with van der Waals surface area (Å²) in [7, 11) is 1.32. The van der Waals surface area contributed by atoms with E-state index in [-0.39, 0.29) is 17.4 Å². The molecule has 0 aliphatic heterocycles. The second-order valence-corrected chi connectivity index (χ2v) is 3.26. The molecular formula is C11H10ClFO2. The van der Waals surface area contributed by atoms with E-state index in [9.17, 15) is 9.18 Å². The number of ether oxygens (including phenoxy) is 1. The van der Waals surface area contributed by atoms with Crippen molar-refractivity contribution in [1.82, 2.24) is 0 Å². The molecule has 0 radical (unpaired) electrons. The van der Waals surface area contributed by atoms with Gasteiger partial charge in [0.05, 0.1) is 18.6 Å². The molecule has 1 rings (SSSR count). The van der Waals surface area contributed by atoms with Crippen molar-refractivity contribution in [3.63, 3.8) is 0 Å². The molecule has 0 bridgehead atoms. The maximum atomic E-state index is 12.8. The molecule has 1 aromatic carbocycles. The molecule has 0 unspecified atom stereocenters. The van der Waals surface area contributed by atoms with Crippen molar-refractivity contribution in [2.45, 2.75) is 6.42 Å². The van der Waals surface area contributed by atoms with Crippen LogP contribution >= 0.6 is 11.6 Å². The van der Waals surface area contributed by atoms with Crippen LogP contribution in [0.25, 0.3) is 6.08 Å². The van der Waals surface area contributed by atoms with Crippen LogP contribution in [-0.2, 0) is 9.53 Å². The highest BCUT2D eigenvalue weighted by atomic mass is 35.5. The zero-order chi connectivity index (χ0) is 11.3. The summed E-state index contributed by atoms with van der Waals surface area (Å²) in [6.45, 7) is 0. The Morgan fingerprint density at radius 1 is 1.60 bits per heavy atom. The summed E-state index contributed by atoms with van der Waals surface area (Å²) in [5.74, 6) is -0.777. The minimum atomic E-state index is -0.457. The van der Waals surface area contributed by atoms with Crippen molar-refractivity contribution >= 4 is 23.6 Å². The van der Waals surface area contributed by atoms with E-state index in [1.165, 1.54) is 19.2 Å². The van der Waals surface area contributed by atoms with E-state index in [2.05, 4.69) is 4.74 Å². The molecule has 0 aromatic heterocycles. The number of carbonyl (C=O) groups is 1.